The third kappa shape index (κ3) is 4.57. The van der Waals surface area contributed by atoms with E-state index in [1.54, 1.807) is 0 Å². The van der Waals surface area contributed by atoms with Crippen molar-refractivity contribution in [3.05, 3.63) is 29.8 Å². The normalized spacial score (nSPS) is 8.50. The molecule has 1 aromatic carbocycles. The molecule has 0 aliphatic heterocycles. The second kappa shape index (κ2) is 8.44. The van der Waals surface area contributed by atoms with Crippen LogP contribution in [0.1, 0.15) is 13.3 Å². The molecule has 0 atom stereocenters. The molecule has 0 unspecified atom stereocenters. The van der Waals surface area contributed by atoms with E-state index >= 15 is 0 Å². The van der Waals surface area contributed by atoms with Gasteiger partial charge in [-0.15, -0.1) is 12.1 Å². The van der Waals surface area contributed by atoms with Gasteiger partial charge in [-0.2, -0.15) is 6.07 Å². The van der Waals surface area contributed by atoms with Crippen molar-refractivity contribution in [3.63, 3.8) is 0 Å². The molecule has 0 bridgehead atoms. The molecule has 0 aromatic heterocycles. The Hall–Kier alpha value is 0.126. The number of benzene rings is 1. The summed E-state index contributed by atoms with van der Waals surface area (Å²) in [6.07, 6.45) is 0.720. The molecule has 0 aliphatic carbocycles. The van der Waals surface area contributed by atoms with Crippen molar-refractivity contribution in [2.75, 3.05) is 6.61 Å². The van der Waals surface area contributed by atoms with Crippen molar-refractivity contribution in [2.45, 2.75) is 13.3 Å². The van der Waals surface area contributed by atoms with Gasteiger partial charge in [-0.1, -0.05) is 6.92 Å². The number of halogens is 3. The molecule has 0 N–H and O–H groups in total. The summed E-state index contributed by atoms with van der Waals surface area (Å²) < 4.78 is 30.4. The maximum Gasteiger partial charge on any atom is 2.00 e. The Kier molecular flexibility index (Phi) is 9.97. The van der Waals surface area contributed by atoms with Crippen LogP contribution >= 0.6 is 0 Å². The van der Waals surface area contributed by atoms with Crippen molar-refractivity contribution >= 4 is 23.1 Å². The first-order valence-electron chi connectivity index (χ1n) is 3.73. The van der Waals surface area contributed by atoms with Gasteiger partial charge >= 0.3 is 23.1 Å². The van der Waals surface area contributed by atoms with Crippen LogP contribution in [0.15, 0.2) is 12.1 Å². The van der Waals surface area contributed by atoms with E-state index in [2.05, 4.69) is 6.07 Å². The van der Waals surface area contributed by atoms with Gasteiger partial charge in [0, 0.05) is 0 Å². The van der Waals surface area contributed by atoms with E-state index < -0.39 is 11.6 Å². The third-order valence-electron chi connectivity index (χ3n) is 1.30. The van der Waals surface area contributed by atoms with Crippen molar-refractivity contribution < 1.29 is 30.5 Å². The van der Waals surface area contributed by atoms with Crippen LogP contribution in [0.25, 0.3) is 0 Å². The van der Waals surface area contributed by atoms with Crippen molar-refractivity contribution in [1.82, 2.24) is 0 Å². The Bertz CT molecular complexity index is 251. The summed E-state index contributed by atoms with van der Waals surface area (Å²) in [4.78, 5) is 0. The van der Waals surface area contributed by atoms with E-state index in [9.17, 15) is 8.78 Å². The maximum atomic E-state index is 12.8. The summed E-state index contributed by atoms with van der Waals surface area (Å²) in [5.41, 5.74) is 0. The SMILES string of the molecule is CCCOc1c(F)c[c-]cc1F.[Br-].[Mg+2]. The minimum absolute atomic E-state index is 0. The maximum absolute atomic E-state index is 12.8. The molecule has 1 rings (SSSR count). The zero-order valence-electron chi connectivity index (χ0n) is 7.82. The Morgan fingerprint density at radius 3 is 2.21 bits per heavy atom. The van der Waals surface area contributed by atoms with Gasteiger partial charge in [-0.25, -0.2) is 0 Å². The predicted octanol–water partition coefficient (Wildman–Crippen LogP) is -0.823. The fourth-order valence-electron chi connectivity index (χ4n) is 0.775. The molecule has 1 nitrogen and oxygen atoms in total. The molecule has 0 aliphatic rings. The molecule has 74 valence electrons. The smallest absolute Gasteiger partial charge is 1.00 e. The Morgan fingerprint density at radius 1 is 1.29 bits per heavy atom. The van der Waals surface area contributed by atoms with Gasteiger partial charge in [0.15, 0.2) is 0 Å². The molecule has 0 saturated carbocycles. The Labute approximate surface area is 109 Å². The zero-order chi connectivity index (χ0) is 8.97. The number of ether oxygens (including phenoxy) is 1. The third-order valence-corrected chi connectivity index (χ3v) is 1.30. The van der Waals surface area contributed by atoms with E-state index in [0.717, 1.165) is 18.6 Å². The van der Waals surface area contributed by atoms with Crippen LogP contribution in [0.3, 0.4) is 0 Å². The molecule has 0 radical (unpaired) electrons. The van der Waals surface area contributed by atoms with Crippen LogP contribution in [-0.4, -0.2) is 29.7 Å². The van der Waals surface area contributed by atoms with Crippen molar-refractivity contribution in [2.24, 2.45) is 0 Å². The monoisotopic (exact) mass is 274 g/mol. The summed E-state index contributed by atoms with van der Waals surface area (Å²) >= 11 is 0. The molecule has 0 amide bonds. The van der Waals surface area contributed by atoms with Crippen molar-refractivity contribution in [1.29, 1.82) is 0 Å². The number of hydrogen-bond acceptors (Lipinski definition) is 1. The first-order valence-corrected chi connectivity index (χ1v) is 3.73. The van der Waals surface area contributed by atoms with E-state index in [0.29, 0.717) is 6.61 Å². The minimum Gasteiger partial charge on any atom is -1.00 e. The van der Waals surface area contributed by atoms with Crippen LogP contribution < -0.4 is 21.7 Å². The second-order valence-corrected chi connectivity index (χ2v) is 2.33. The van der Waals surface area contributed by atoms with Gasteiger partial charge in [-0.05, 0) is 6.42 Å². The molecule has 0 fully saturated rings. The molecule has 5 heteroatoms. The molecule has 14 heavy (non-hydrogen) atoms. The molecular weight excluding hydrogens is 266 g/mol. The first kappa shape index (κ1) is 16.6. The minimum atomic E-state index is -0.705. The van der Waals surface area contributed by atoms with Crippen LogP contribution in [0.2, 0.25) is 0 Å². The van der Waals surface area contributed by atoms with Crippen LogP contribution in [0, 0.1) is 17.7 Å². The second-order valence-electron chi connectivity index (χ2n) is 2.33. The molecule has 0 spiro atoms. The van der Waals surface area contributed by atoms with Crippen LogP contribution in [0.5, 0.6) is 5.75 Å². The predicted molar refractivity (Wildman–Crippen MR) is 46.7 cm³/mol. The molecular formula is C9H9BrF2MgO. The first-order chi connectivity index (χ1) is 5.75. The quantitative estimate of drug-likeness (QED) is 0.517. The van der Waals surface area contributed by atoms with Gasteiger partial charge in [0.05, 0.1) is 24.0 Å². The van der Waals surface area contributed by atoms with Crippen LogP contribution in [0.4, 0.5) is 8.78 Å². The largest absolute Gasteiger partial charge is 2.00 e. The van der Waals surface area contributed by atoms with Gasteiger partial charge in [0.25, 0.3) is 0 Å². The molecule has 0 saturated heterocycles. The summed E-state index contributed by atoms with van der Waals surface area (Å²) in [5, 5.41) is 0. The Morgan fingerprint density at radius 2 is 1.79 bits per heavy atom. The Balaban J connectivity index is 0. The van der Waals surface area contributed by atoms with Crippen LogP contribution in [-0.2, 0) is 0 Å². The van der Waals surface area contributed by atoms with Crippen molar-refractivity contribution in [3.8, 4) is 5.75 Å². The zero-order valence-corrected chi connectivity index (χ0v) is 10.8. The standard InChI is InChI=1S/C9H9F2O.BrH.Mg/c1-2-6-12-9-7(10)4-3-5-8(9)11;;/h4-5H,2,6H2,1H3;1H;/q-1;;+2/p-1. The average molecular weight is 275 g/mol. The fraction of sp³-hybridized carbons (Fsp3) is 0.333. The van der Waals surface area contributed by atoms with E-state index in [-0.39, 0.29) is 45.8 Å². The van der Waals surface area contributed by atoms with Gasteiger partial charge < -0.3 is 21.7 Å². The fourth-order valence-corrected chi connectivity index (χ4v) is 0.775. The van der Waals surface area contributed by atoms with Gasteiger partial charge in [-0.3, -0.25) is 8.78 Å². The van der Waals surface area contributed by atoms with E-state index in [1.165, 1.54) is 0 Å². The van der Waals surface area contributed by atoms with E-state index in [4.69, 9.17) is 4.74 Å². The molecule has 0 heterocycles. The summed E-state index contributed by atoms with van der Waals surface area (Å²) in [5.74, 6) is -1.72. The number of rotatable bonds is 3. The summed E-state index contributed by atoms with van der Waals surface area (Å²) in [7, 11) is 0. The van der Waals surface area contributed by atoms with E-state index in [1.807, 2.05) is 6.92 Å². The van der Waals surface area contributed by atoms with Gasteiger partial charge in [0.2, 0.25) is 0 Å². The number of hydrogen-bond donors (Lipinski definition) is 0. The summed E-state index contributed by atoms with van der Waals surface area (Å²) in [6.45, 7) is 2.18. The molecule has 1 aromatic rings. The average Bonchev–Trinajstić information content (AvgIpc) is 2.04. The summed E-state index contributed by atoms with van der Waals surface area (Å²) in [6, 6.07) is 4.42. The topological polar surface area (TPSA) is 9.23 Å². The van der Waals surface area contributed by atoms with Gasteiger partial charge in [0.1, 0.15) is 0 Å².